The van der Waals surface area contributed by atoms with E-state index in [4.69, 9.17) is 4.74 Å². The Bertz CT molecular complexity index is 501. The standard InChI is InChI=1S/C15H21N3O3/c1-3-21-15(20)17-13-5-4-8-18(10-13)14(19)12-7-6-11(2)16-9-12/h6-7,9,13H,3-5,8,10H2,1-2H3,(H,17,20)/t13-/m1/s1. The van der Waals surface area contributed by atoms with Gasteiger partial charge in [-0.15, -0.1) is 0 Å². The number of aryl methyl sites for hydroxylation is 1. The summed E-state index contributed by atoms with van der Waals surface area (Å²) in [4.78, 5) is 29.8. The molecule has 0 unspecified atom stereocenters. The van der Waals surface area contributed by atoms with Gasteiger partial charge in [-0.2, -0.15) is 0 Å². The lowest BCUT2D eigenvalue weighted by molar-refractivity contribution is 0.0685. The van der Waals surface area contributed by atoms with E-state index in [0.717, 1.165) is 18.5 Å². The summed E-state index contributed by atoms with van der Waals surface area (Å²) in [6.07, 6.45) is 2.89. The van der Waals surface area contributed by atoms with E-state index < -0.39 is 6.09 Å². The number of pyridine rings is 1. The van der Waals surface area contributed by atoms with E-state index >= 15 is 0 Å². The van der Waals surface area contributed by atoms with Crippen molar-refractivity contribution < 1.29 is 14.3 Å². The number of hydrogen-bond donors (Lipinski definition) is 1. The van der Waals surface area contributed by atoms with Crippen LogP contribution in [0.5, 0.6) is 0 Å². The van der Waals surface area contributed by atoms with E-state index in [2.05, 4.69) is 10.3 Å². The Morgan fingerprint density at radius 2 is 2.29 bits per heavy atom. The maximum atomic E-state index is 12.4. The highest BCUT2D eigenvalue weighted by atomic mass is 16.5. The first-order valence-electron chi connectivity index (χ1n) is 7.25. The molecule has 1 N–H and O–H groups in total. The van der Waals surface area contributed by atoms with Crippen LogP contribution in [0.15, 0.2) is 18.3 Å². The van der Waals surface area contributed by atoms with E-state index in [1.165, 1.54) is 0 Å². The van der Waals surface area contributed by atoms with Gasteiger partial charge in [0, 0.05) is 31.0 Å². The summed E-state index contributed by atoms with van der Waals surface area (Å²) in [6, 6.07) is 3.55. The molecule has 0 radical (unpaired) electrons. The molecular formula is C15H21N3O3. The molecule has 2 heterocycles. The highest BCUT2D eigenvalue weighted by Crippen LogP contribution is 2.14. The molecule has 0 bridgehead atoms. The second-order valence-electron chi connectivity index (χ2n) is 5.14. The highest BCUT2D eigenvalue weighted by molar-refractivity contribution is 5.94. The van der Waals surface area contributed by atoms with Crippen molar-refractivity contribution in [2.75, 3.05) is 19.7 Å². The van der Waals surface area contributed by atoms with Crippen molar-refractivity contribution in [2.45, 2.75) is 32.7 Å². The molecule has 2 rings (SSSR count). The lowest BCUT2D eigenvalue weighted by atomic mass is 10.0. The second kappa shape index (κ2) is 7.06. The number of nitrogens with zero attached hydrogens (tertiary/aromatic N) is 2. The molecule has 1 fully saturated rings. The van der Waals surface area contributed by atoms with E-state index in [1.54, 1.807) is 24.1 Å². The van der Waals surface area contributed by atoms with E-state index in [0.29, 0.717) is 25.3 Å². The van der Waals surface area contributed by atoms with Gasteiger partial charge in [-0.1, -0.05) is 0 Å². The minimum absolute atomic E-state index is 0.0436. The lowest BCUT2D eigenvalue weighted by Gasteiger charge is -2.32. The number of carbonyl (C=O) groups is 2. The summed E-state index contributed by atoms with van der Waals surface area (Å²) in [5.41, 5.74) is 1.46. The van der Waals surface area contributed by atoms with Gasteiger partial charge >= 0.3 is 6.09 Å². The molecule has 0 aromatic carbocycles. The predicted molar refractivity (Wildman–Crippen MR) is 78.1 cm³/mol. The van der Waals surface area contributed by atoms with Gasteiger partial charge in [0.2, 0.25) is 0 Å². The average Bonchev–Trinajstić information content (AvgIpc) is 2.48. The van der Waals surface area contributed by atoms with Crippen molar-refractivity contribution in [3.05, 3.63) is 29.6 Å². The molecule has 2 amide bonds. The maximum absolute atomic E-state index is 12.4. The van der Waals surface area contributed by atoms with Crippen LogP contribution >= 0.6 is 0 Å². The molecule has 1 atom stereocenters. The van der Waals surface area contributed by atoms with Gasteiger partial charge in [-0.05, 0) is 38.8 Å². The number of ether oxygens (including phenoxy) is 1. The number of rotatable bonds is 3. The number of alkyl carbamates (subject to hydrolysis) is 1. The van der Waals surface area contributed by atoms with E-state index in [-0.39, 0.29) is 11.9 Å². The van der Waals surface area contributed by atoms with Crippen molar-refractivity contribution in [1.82, 2.24) is 15.2 Å². The molecule has 1 aliphatic rings. The molecule has 21 heavy (non-hydrogen) atoms. The fourth-order valence-corrected chi connectivity index (χ4v) is 2.40. The van der Waals surface area contributed by atoms with Gasteiger partial charge in [0.15, 0.2) is 0 Å². The zero-order valence-corrected chi connectivity index (χ0v) is 12.5. The summed E-state index contributed by atoms with van der Waals surface area (Å²) in [6.45, 7) is 5.20. The van der Waals surface area contributed by atoms with Gasteiger partial charge in [0.1, 0.15) is 0 Å². The van der Waals surface area contributed by atoms with Crippen LogP contribution in [0.3, 0.4) is 0 Å². The second-order valence-corrected chi connectivity index (χ2v) is 5.14. The summed E-state index contributed by atoms with van der Waals surface area (Å²) < 4.78 is 4.87. The van der Waals surface area contributed by atoms with Crippen molar-refractivity contribution in [2.24, 2.45) is 0 Å². The van der Waals surface area contributed by atoms with Crippen LogP contribution in [0.1, 0.15) is 35.8 Å². The number of nitrogens with one attached hydrogen (secondary N) is 1. The van der Waals surface area contributed by atoms with Gasteiger partial charge in [-0.25, -0.2) is 4.79 Å². The normalized spacial score (nSPS) is 18.2. The molecule has 1 saturated heterocycles. The fourth-order valence-electron chi connectivity index (χ4n) is 2.40. The Balaban J connectivity index is 1.95. The third kappa shape index (κ3) is 4.18. The van der Waals surface area contributed by atoms with Crippen LogP contribution < -0.4 is 5.32 Å². The molecule has 0 aliphatic carbocycles. The lowest BCUT2D eigenvalue weighted by Crippen LogP contribution is -2.49. The summed E-state index contributed by atoms with van der Waals surface area (Å²) in [7, 11) is 0. The predicted octanol–water partition coefficient (Wildman–Crippen LogP) is 1.74. The zero-order valence-electron chi connectivity index (χ0n) is 12.5. The first-order chi connectivity index (χ1) is 10.1. The molecular weight excluding hydrogens is 270 g/mol. The average molecular weight is 291 g/mol. The fraction of sp³-hybridized carbons (Fsp3) is 0.533. The minimum Gasteiger partial charge on any atom is -0.450 e. The molecule has 1 aliphatic heterocycles. The smallest absolute Gasteiger partial charge is 0.407 e. The Labute approximate surface area is 124 Å². The first kappa shape index (κ1) is 15.3. The monoisotopic (exact) mass is 291 g/mol. The van der Waals surface area contributed by atoms with E-state index in [9.17, 15) is 9.59 Å². The third-order valence-electron chi connectivity index (χ3n) is 3.46. The van der Waals surface area contributed by atoms with Crippen LogP contribution in [0.25, 0.3) is 0 Å². The van der Waals surface area contributed by atoms with Gasteiger partial charge < -0.3 is 15.0 Å². The van der Waals surface area contributed by atoms with Gasteiger partial charge in [0.25, 0.3) is 5.91 Å². The van der Waals surface area contributed by atoms with Crippen molar-refractivity contribution in [3.8, 4) is 0 Å². The van der Waals surface area contributed by atoms with Crippen LogP contribution in [0.4, 0.5) is 4.79 Å². The Morgan fingerprint density at radius 1 is 1.48 bits per heavy atom. The number of aromatic nitrogens is 1. The highest BCUT2D eigenvalue weighted by Gasteiger charge is 2.25. The molecule has 6 heteroatoms. The number of piperidine rings is 1. The molecule has 1 aromatic rings. The van der Waals surface area contributed by atoms with Gasteiger partial charge in [0.05, 0.1) is 12.2 Å². The largest absolute Gasteiger partial charge is 0.450 e. The Kier molecular flexibility index (Phi) is 5.14. The summed E-state index contributed by atoms with van der Waals surface area (Å²) in [5, 5.41) is 2.79. The Morgan fingerprint density at radius 3 is 2.95 bits per heavy atom. The minimum atomic E-state index is -0.422. The van der Waals surface area contributed by atoms with Crippen molar-refractivity contribution in [3.63, 3.8) is 0 Å². The van der Waals surface area contributed by atoms with Crippen molar-refractivity contribution >= 4 is 12.0 Å². The molecule has 0 spiro atoms. The van der Waals surface area contributed by atoms with Crippen LogP contribution in [-0.2, 0) is 4.74 Å². The SMILES string of the molecule is CCOC(=O)N[C@@H]1CCCN(C(=O)c2ccc(C)nc2)C1. The Hall–Kier alpha value is -2.11. The summed E-state index contributed by atoms with van der Waals surface area (Å²) >= 11 is 0. The van der Waals surface area contributed by atoms with Gasteiger partial charge in [-0.3, -0.25) is 9.78 Å². The molecule has 1 aromatic heterocycles. The van der Waals surface area contributed by atoms with Crippen LogP contribution in [0, 0.1) is 6.92 Å². The zero-order chi connectivity index (χ0) is 15.2. The van der Waals surface area contributed by atoms with E-state index in [1.807, 2.05) is 13.0 Å². The molecule has 0 saturated carbocycles. The first-order valence-corrected chi connectivity index (χ1v) is 7.25. The summed E-state index contributed by atoms with van der Waals surface area (Å²) in [5.74, 6) is -0.0436. The topological polar surface area (TPSA) is 71.5 Å². The molecule has 6 nitrogen and oxygen atoms in total. The number of likely N-dealkylation sites (tertiary alicyclic amines) is 1. The van der Waals surface area contributed by atoms with Crippen LogP contribution in [0.2, 0.25) is 0 Å². The third-order valence-corrected chi connectivity index (χ3v) is 3.46. The number of carbonyl (C=O) groups excluding carboxylic acids is 2. The van der Waals surface area contributed by atoms with Crippen LogP contribution in [-0.4, -0.2) is 47.6 Å². The maximum Gasteiger partial charge on any atom is 0.407 e. The number of hydrogen-bond acceptors (Lipinski definition) is 4. The number of amides is 2. The quantitative estimate of drug-likeness (QED) is 0.920. The molecule has 114 valence electrons. The van der Waals surface area contributed by atoms with Crippen molar-refractivity contribution in [1.29, 1.82) is 0 Å².